The first-order valence-electron chi connectivity index (χ1n) is 6.11. The molecule has 0 radical (unpaired) electrons. The van der Waals surface area contributed by atoms with Gasteiger partial charge in [0, 0.05) is 24.7 Å². The van der Waals surface area contributed by atoms with Gasteiger partial charge in [0.05, 0.1) is 5.41 Å². The average molecular weight is 278 g/mol. The zero-order valence-corrected chi connectivity index (χ0v) is 11.7. The molecular formula is C14H18N2O4. The Labute approximate surface area is 117 Å². The molecule has 0 aliphatic rings. The van der Waals surface area contributed by atoms with Gasteiger partial charge in [0.25, 0.3) is 11.8 Å². The molecule has 108 valence electrons. The molecule has 0 aliphatic heterocycles. The van der Waals surface area contributed by atoms with E-state index in [4.69, 9.17) is 5.11 Å². The number of carbonyl (C=O) groups excluding carboxylic acids is 2. The summed E-state index contributed by atoms with van der Waals surface area (Å²) in [7, 11) is 1.50. The normalized spacial score (nSPS) is 10.8. The van der Waals surface area contributed by atoms with Crippen molar-refractivity contribution in [3.63, 3.8) is 0 Å². The Balaban J connectivity index is 2.78. The number of amides is 2. The molecule has 6 nitrogen and oxygen atoms in total. The fraction of sp³-hybridized carbons (Fsp3) is 0.357. The molecule has 0 atom stereocenters. The van der Waals surface area contributed by atoms with Crippen molar-refractivity contribution in [1.82, 2.24) is 10.6 Å². The van der Waals surface area contributed by atoms with Crippen LogP contribution in [0.3, 0.4) is 0 Å². The molecule has 0 bridgehead atoms. The molecule has 2 amide bonds. The van der Waals surface area contributed by atoms with Crippen molar-refractivity contribution in [2.24, 2.45) is 5.41 Å². The van der Waals surface area contributed by atoms with Crippen LogP contribution in [0, 0.1) is 5.41 Å². The van der Waals surface area contributed by atoms with E-state index in [1.807, 2.05) is 0 Å². The van der Waals surface area contributed by atoms with E-state index in [0.29, 0.717) is 11.1 Å². The standard InChI is InChI=1S/C14H18N2O4/c1-14(2,13(19)20)8-16-12(18)10-6-4-5-9(7-10)11(17)15-3/h4-7H,8H2,1-3H3,(H,15,17)(H,16,18)(H,19,20). The van der Waals surface area contributed by atoms with Gasteiger partial charge in [0.15, 0.2) is 0 Å². The van der Waals surface area contributed by atoms with Crippen LogP contribution in [0.25, 0.3) is 0 Å². The number of rotatable bonds is 5. The van der Waals surface area contributed by atoms with E-state index in [1.165, 1.54) is 27.0 Å². The Bertz CT molecular complexity index is 538. The number of hydrogen-bond donors (Lipinski definition) is 3. The second-order valence-electron chi connectivity index (χ2n) is 5.03. The van der Waals surface area contributed by atoms with Crippen LogP contribution < -0.4 is 10.6 Å². The minimum atomic E-state index is -1.05. The van der Waals surface area contributed by atoms with Crippen LogP contribution >= 0.6 is 0 Å². The molecule has 3 N–H and O–H groups in total. The monoisotopic (exact) mass is 278 g/mol. The van der Waals surface area contributed by atoms with Crippen LogP contribution in [0.15, 0.2) is 24.3 Å². The van der Waals surface area contributed by atoms with E-state index < -0.39 is 17.3 Å². The number of aliphatic carboxylic acids is 1. The lowest BCUT2D eigenvalue weighted by atomic mass is 9.94. The van der Waals surface area contributed by atoms with Crippen molar-refractivity contribution in [2.75, 3.05) is 13.6 Å². The van der Waals surface area contributed by atoms with Crippen molar-refractivity contribution < 1.29 is 19.5 Å². The maximum atomic E-state index is 11.9. The SMILES string of the molecule is CNC(=O)c1cccc(C(=O)NCC(C)(C)C(=O)O)c1. The van der Waals surface area contributed by atoms with Gasteiger partial charge in [0.2, 0.25) is 0 Å². The largest absolute Gasteiger partial charge is 0.481 e. The topological polar surface area (TPSA) is 95.5 Å². The van der Waals surface area contributed by atoms with Gasteiger partial charge in [-0.2, -0.15) is 0 Å². The lowest BCUT2D eigenvalue weighted by Crippen LogP contribution is -2.38. The van der Waals surface area contributed by atoms with Crippen LogP contribution in [0.4, 0.5) is 0 Å². The van der Waals surface area contributed by atoms with Gasteiger partial charge < -0.3 is 15.7 Å². The van der Waals surface area contributed by atoms with Crippen LogP contribution in [0.2, 0.25) is 0 Å². The highest BCUT2D eigenvalue weighted by Gasteiger charge is 2.27. The smallest absolute Gasteiger partial charge is 0.310 e. The maximum absolute atomic E-state index is 11.9. The van der Waals surface area contributed by atoms with Gasteiger partial charge in [-0.3, -0.25) is 14.4 Å². The van der Waals surface area contributed by atoms with Crippen LogP contribution in [0.1, 0.15) is 34.6 Å². The first kappa shape index (κ1) is 15.7. The predicted molar refractivity (Wildman–Crippen MR) is 73.6 cm³/mol. The molecule has 0 fully saturated rings. The molecule has 0 spiro atoms. The number of carboxylic acid groups (broad SMARTS) is 1. The Morgan fingerprint density at radius 3 is 2.20 bits per heavy atom. The minimum Gasteiger partial charge on any atom is -0.481 e. The maximum Gasteiger partial charge on any atom is 0.310 e. The zero-order valence-electron chi connectivity index (χ0n) is 11.7. The molecule has 0 aliphatic carbocycles. The van der Waals surface area contributed by atoms with Crippen LogP contribution in [-0.2, 0) is 4.79 Å². The average Bonchev–Trinajstić information content (AvgIpc) is 2.43. The van der Waals surface area contributed by atoms with E-state index in [2.05, 4.69) is 10.6 Å². The fourth-order valence-corrected chi connectivity index (χ4v) is 1.42. The summed E-state index contributed by atoms with van der Waals surface area (Å²) in [5.74, 6) is -1.69. The highest BCUT2D eigenvalue weighted by molar-refractivity contribution is 5.99. The molecule has 0 aromatic heterocycles. The zero-order chi connectivity index (χ0) is 15.3. The number of carboxylic acids is 1. The summed E-state index contributed by atoms with van der Waals surface area (Å²) < 4.78 is 0. The van der Waals surface area contributed by atoms with Gasteiger partial charge in [-0.15, -0.1) is 0 Å². The molecule has 20 heavy (non-hydrogen) atoms. The molecule has 6 heteroatoms. The van der Waals surface area contributed by atoms with Gasteiger partial charge in [-0.05, 0) is 32.0 Å². The molecule has 1 rings (SSSR count). The third-order valence-electron chi connectivity index (χ3n) is 2.88. The second kappa shape index (κ2) is 6.18. The third kappa shape index (κ3) is 3.81. The quantitative estimate of drug-likeness (QED) is 0.745. The lowest BCUT2D eigenvalue weighted by molar-refractivity contribution is -0.146. The van der Waals surface area contributed by atoms with Crippen molar-refractivity contribution in [3.8, 4) is 0 Å². The fourth-order valence-electron chi connectivity index (χ4n) is 1.42. The molecule has 1 aromatic rings. The number of hydrogen-bond acceptors (Lipinski definition) is 3. The Morgan fingerprint density at radius 2 is 1.70 bits per heavy atom. The molecule has 1 aromatic carbocycles. The first-order chi connectivity index (χ1) is 9.27. The summed E-state index contributed by atoms with van der Waals surface area (Å²) >= 11 is 0. The number of nitrogens with one attached hydrogen (secondary N) is 2. The molecule has 0 heterocycles. The van der Waals surface area contributed by atoms with Crippen molar-refractivity contribution in [2.45, 2.75) is 13.8 Å². The number of carbonyl (C=O) groups is 3. The van der Waals surface area contributed by atoms with Crippen molar-refractivity contribution >= 4 is 17.8 Å². The van der Waals surface area contributed by atoms with E-state index in [9.17, 15) is 14.4 Å². The van der Waals surface area contributed by atoms with Gasteiger partial charge in [-0.1, -0.05) is 6.07 Å². The van der Waals surface area contributed by atoms with Gasteiger partial charge >= 0.3 is 5.97 Å². The van der Waals surface area contributed by atoms with Crippen LogP contribution in [0.5, 0.6) is 0 Å². The van der Waals surface area contributed by atoms with E-state index in [0.717, 1.165) is 0 Å². The Hall–Kier alpha value is -2.37. The van der Waals surface area contributed by atoms with Gasteiger partial charge in [0.1, 0.15) is 0 Å². The lowest BCUT2D eigenvalue weighted by Gasteiger charge is -2.19. The summed E-state index contributed by atoms with van der Waals surface area (Å²) in [6.45, 7) is 3.05. The highest BCUT2D eigenvalue weighted by Crippen LogP contribution is 2.13. The summed E-state index contributed by atoms with van der Waals surface area (Å²) in [6, 6.07) is 6.22. The van der Waals surface area contributed by atoms with Crippen LogP contribution in [-0.4, -0.2) is 36.5 Å². The minimum absolute atomic E-state index is 0.00533. The summed E-state index contributed by atoms with van der Waals surface area (Å²) in [5.41, 5.74) is -0.362. The predicted octanol–water partition coefficient (Wildman–Crippen LogP) is 0.887. The molecule has 0 saturated carbocycles. The molecule has 0 unspecified atom stereocenters. The number of benzene rings is 1. The second-order valence-corrected chi connectivity index (χ2v) is 5.03. The van der Waals surface area contributed by atoms with E-state index in [-0.39, 0.29) is 12.5 Å². The molecular weight excluding hydrogens is 260 g/mol. The molecule has 0 saturated heterocycles. The first-order valence-corrected chi connectivity index (χ1v) is 6.11. The van der Waals surface area contributed by atoms with E-state index >= 15 is 0 Å². The van der Waals surface area contributed by atoms with Crippen molar-refractivity contribution in [1.29, 1.82) is 0 Å². The van der Waals surface area contributed by atoms with Gasteiger partial charge in [-0.25, -0.2) is 0 Å². The summed E-state index contributed by atoms with van der Waals surface area (Å²) in [4.78, 5) is 34.4. The summed E-state index contributed by atoms with van der Waals surface area (Å²) in [6.07, 6.45) is 0. The Morgan fingerprint density at radius 1 is 1.15 bits per heavy atom. The highest BCUT2D eigenvalue weighted by atomic mass is 16.4. The third-order valence-corrected chi connectivity index (χ3v) is 2.88. The Kier molecular flexibility index (Phi) is 4.85. The van der Waals surface area contributed by atoms with Crippen molar-refractivity contribution in [3.05, 3.63) is 35.4 Å². The summed E-state index contributed by atoms with van der Waals surface area (Å²) in [5, 5.41) is 14.0. The van der Waals surface area contributed by atoms with E-state index in [1.54, 1.807) is 18.2 Å².